The minimum Gasteiger partial charge on any atom is -0.508 e. The predicted molar refractivity (Wildman–Crippen MR) is 89.6 cm³/mol. The smallest absolute Gasteiger partial charge is 0.338 e. The summed E-state index contributed by atoms with van der Waals surface area (Å²) in [5.41, 5.74) is 1.39. The minimum absolute atomic E-state index is 0.0748. The van der Waals surface area contributed by atoms with Gasteiger partial charge in [0.05, 0.1) is 16.6 Å². The number of aromatic hydroxyl groups is 1. The molecule has 25 heavy (non-hydrogen) atoms. The number of aromatic amines is 1. The minimum atomic E-state index is -0.732. The summed E-state index contributed by atoms with van der Waals surface area (Å²) in [6, 6.07) is 14.7. The third-order valence-electron chi connectivity index (χ3n) is 3.45. The van der Waals surface area contributed by atoms with Gasteiger partial charge in [0, 0.05) is 0 Å². The molecule has 1 heterocycles. The largest absolute Gasteiger partial charge is 0.508 e. The van der Waals surface area contributed by atoms with E-state index in [1.54, 1.807) is 18.2 Å². The fourth-order valence-electron chi connectivity index (χ4n) is 2.25. The fraction of sp³-hybridized carbons (Fsp3) is 0.0556. The van der Waals surface area contributed by atoms with Crippen molar-refractivity contribution in [3.63, 3.8) is 0 Å². The van der Waals surface area contributed by atoms with Gasteiger partial charge in [0.2, 0.25) is 0 Å². The number of nitrogens with zero attached hydrogens (tertiary/aromatic N) is 2. The van der Waals surface area contributed by atoms with Crippen LogP contribution in [0.4, 0.5) is 0 Å². The molecule has 0 atom stereocenters. The van der Waals surface area contributed by atoms with E-state index in [0.29, 0.717) is 5.52 Å². The third kappa shape index (κ3) is 3.43. The number of benzene rings is 2. The molecule has 1 aromatic heterocycles. The fourth-order valence-corrected chi connectivity index (χ4v) is 2.25. The maximum absolute atomic E-state index is 11.9. The summed E-state index contributed by atoms with van der Waals surface area (Å²) in [6.07, 6.45) is 0. The Hall–Kier alpha value is -3.79. The van der Waals surface area contributed by atoms with Gasteiger partial charge in [0.25, 0.3) is 0 Å². The van der Waals surface area contributed by atoms with E-state index in [2.05, 4.69) is 9.97 Å². The average Bonchev–Trinajstić information content (AvgIpc) is 3.03. The van der Waals surface area contributed by atoms with Crippen molar-refractivity contribution in [1.29, 1.82) is 5.26 Å². The monoisotopic (exact) mass is 335 g/mol. The number of nitriles is 1. The number of hydrogen-bond acceptors (Lipinski definition) is 6. The standard InChI is InChI=1S/C18H13N3O4/c19-9-13(17-20-14-6-1-2-7-15(14)21-17)16(23)10-25-18(24)11-4-3-5-12(22)8-11/h1-8,22-23H,10H2,(H,20,21)/b16-13-. The molecule has 2 aromatic carbocycles. The van der Waals surface area contributed by atoms with Crippen molar-refractivity contribution >= 4 is 22.6 Å². The Morgan fingerprint density at radius 1 is 1.24 bits per heavy atom. The number of para-hydroxylation sites is 2. The Kier molecular flexibility index (Phi) is 4.35. The van der Waals surface area contributed by atoms with Crippen molar-refractivity contribution in [1.82, 2.24) is 9.97 Å². The number of ether oxygens (including phenoxy) is 1. The van der Waals surface area contributed by atoms with E-state index in [1.807, 2.05) is 12.1 Å². The number of hydrogen-bond donors (Lipinski definition) is 3. The lowest BCUT2D eigenvalue weighted by Gasteiger charge is -2.05. The highest BCUT2D eigenvalue weighted by molar-refractivity contribution is 5.90. The van der Waals surface area contributed by atoms with Gasteiger partial charge in [-0.1, -0.05) is 18.2 Å². The van der Waals surface area contributed by atoms with Crippen LogP contribution in [0.2, 0.25) is 0 Å². The van der Waals surface area contributed by atoms with E-state index < -0.39 is 18.3 Å². The van der Waals surface area contributed by atoms with Crippen LogP contribution in [0.1, 0.15) is 16.2 Å². The van der Waals surface area contributed by atoms with Gasteiger partial charge in [-0.15, -0.1) is 0 Å². The summed E-state index contributed by atoms with van der Waals surface area (Å²) in [5.74, 6) is -1.04. The molecule has 0 amide bonds. The SMILES string of the molecule is N#C/C(=C(/O)COC(=O)c1cccc(O)c1)c1nc2ccccc2[nH]1. The lowest BCUT2D eigenvalue weighted by atomic mass is 10.2. The molecule has 0 aliphatic heterocycles. The molecule has 0 aliphatic rings. The summed E-state index contributed by atoms with van der Waals surface area (Å²) in [7, 11) is 0. The summed E-state index contributed by atoms with van der Waals surface area (Å²) in [4.78, 5) is 19.1. The van der Waals surface area contributed by atoms with Crippen LogP contribution in [0, 0.1) is 11.3 Å². The number of rotatable bonds is 4. The van der Waals surface area contributed by atoms with E-state index in [-0.39, 0.29) is 22.7 Å². The Bertz CT molecular complexity index is 981. The number of imidazole rings is 1. The number of H-pyrrole nitrogens is 1. The number of fused-ring (bicyclic) bond motifs is 1. The van der Waals surface area contributed by atoms with Crippen molar-refractivity contribution in [2.75, 3.05) is 6.61 Å². The summed E-state index contributed by atoms with van der Waals surface area (Å²) >= 11 is 0. The van der Waals surface area contributed by atoms with Crippen LogP contribution >= 0.6 is 0 Å². The second-order valence-corrected chi connectivity index (χ2v) is 5.16. The van der Waals surface area contributed by atoms with Gasteiger partial charge in [-0.2, -0.15) is 5.26 Å². The Balaban J connectivity index is 1.80. The maximum Gasteiger partial charge on any atom is 0.338 e. The van der Waals surface area contributed by atoms with Gasteiger partial charge in [-0.25, -0.2) is 9.78 Å². The van der Waals surface area contributed by atoms with Gasteiger partial charge in [0.1, 0.15) is 24.0 Å². The Morgan fingerprint density at radius 3 is 2.76 bits per heavy atom. The van der Waals surface area contributed by atoms with E-state index in [0.717, 1.165) is 5.52 Å². The summed E-state index contributed by atoms with van der Waals surface area (Å²) in [5, 5.41) is 28.8. The first-order valence-electron chi connectivity index (χ1n) is 7.32. The topological polar surface area (TPSA) is 119 Å². The number of aromatic nitrogens is 2. The summed E-state index contributed by atoms with van der Waals surface area (Å²) < 4.78 is 4.97. The highest BCUT2D eigenvalue weighted by Gasteiger charge is 2.15. The molecule has 0 fully saturated rings. The van der Waals surface area contributed by atoms with Crippen LogP contribution in [0.3, 0.4) is 0 Å². The molecule has 3 N–H and O–H groups in total. The third-order valence-corrected chi connectivity index (χ3v) is 3.45. The van der Waals surface area contributed by atoms with Crippen LogP contribution in [-0.4, -0.2) is 32.8 Å². The molecule has 3 aromatic rings. The molecule has 0 saturated carbocycles. The van der Waals surface area contributed by atoms with Crippen molar-refractivity contribution in [2.24, 2.45) is 0 Å². The Morgan fingerprint density at radius 2 is 2.04 bits per heavy atom. The first kappa shape index (κ1) is 16.1. The molecule has 0 spiro atoms. The van der Waals surface area contributed by atoms with E-state index >= 15 is 0 Å². The second kappa shape index (κ2) is 6.76. The second-order valence-electron chi connectivity index (χ2n) is 5.16. The molecular formula is C18H13N3O4. The van der Waals surface area contributed by atoms with Gasteiger partial charge in [0.15, 0.2) is 11.6 Å². The van der Waals surface area contributed by atoms with Crippen LogP contribution in [-0.2, 0) is 4.74 Å². The molecule has 0 bridgehead atoms. The predicted octanol–water partition coefficient (Wildman–Crippen LogP) is 2.92. The quantitative estimate of drug-likeness (QED) is 0.383. The van der Waals surface area contributed by atoms with Gasteiger partial charge >= 0.3 is 5.97 Å². The van der Waals surface area contributed by atoms with Gasteiger partial charge < -0.3 is 19.9 Å². The number of phenolic OH excluding ortho intramolecular Hbond substituents is 1. The van der Waals surface area contributed by atoms with E-state index in [4.69, 9.17) is 4.74 Å². The molecule has 124 valence electrons. The first-order valence-corrected chi connectivity index (χ1v) is 7.32. The van der Waals surface area contributed by atoms with Crippen LogP contribution in [0.15, 0.2) is 54.3 Å². The average molecular weight is 335 g/mol. The van der Waals surface area contributed by atoms with Crippen molar-refractivity contribution < 1.29 is 19.7 Å². The Labute approximate surface area is 142 Å². The van der Waals surface area contributed by atoms with E-state index in [9.17, 15) is 20.3 Å². The molecule has 0 aliphatic carbocycles. The zero-order valence-electron chi connectivity index (χ0n) is 12.9. The van der Waals surface area contributed by atoms with Crippen LogP contribution < -0.4 is 0 Å². The number of carbonyl (C=O) groups is 1. The number of nitrogens with one attached hydrogen (secondary N) is 1. The lowest BCUT2D eigenvalue weighted by Crippen LogP contribution is -2.09. The summed E-state index contributed by atoms with van der Waals surface area (Å²) in [6.45, 7) is -0.492. The van der Waals surface area contributed by atoms with Crippen molar-refractivity contribution in [3.8, 4) is 11.8 Å². The zero-order valence-corrected chi connectivity index (χ0v) is 12.9. The number of carbonyl (C=O) groups excluding carboxylic acids is 1. The van der Waals surface area contributed by atoms with E-state index in [1.165, 1.54) is 24.3 Å². The molecule has 0 unspecified atom stereocenters. The highest BCUT2D eigenvalue weighted by Crippen LogP contribution is 2.19. The molecule has 3 rings (SSSR count). The number of allylic oxidation sites excluding steroid dienone is 1. The number of aliphatic hydroxyl groups is 1. The van der Waals surface area contributed by atoms with Crippen LogP contribution in [0.5, 0.6) is 5.75 Å². The van der Waals surface area contributed by atoms with Gasteiger partial charge in [-0.3, -0.25) is 0 Å². The molecule has 0 saturated heterocycles. The molecule has 0 radical (unpaired) electrons. The van der Waals surface area contributed by atoms with Gasteiger partial charge in [-0.05, 0) is 30.3 Å². The number of esters is 1. The molecule has 7 nitrogen and oxygen atoms in total. The number of phenols is 1. The van der Waals surface area contributed by atoms with Crippen LogP contribution in [0.25, 0.3) is 16.6 Å². The molecule has 7 heteroatoms. The van der Waals surface area contributed by atoms with Crippen molar-refractivity contribution in [2.45, 2.75) is 0 Å². The molecular weight excluding hydrogens is 322 g/mol. The highest BCUT2D eigenvalue weighted by atomic mass is 16.5. The zero-order chi connectivity index (χ0) is 17.8. The number of aliphatic hydroxyl groups excluding tert-OH is 1. The lowest BCUT2D eigenvalue weighted by molar-refractivity contribution is 0.0502. The first-order chi connectivity index (χ1) is 12.1. The maximum atomic E-state index is 11.9. The van der Waals surface area contributed by atoms with Crippen molar-refractivity contribution in [3.05, 3.63) is 65.7 Å². The normalized spacial score (nSPS) is 11.6.